The topological polar surface area (TPSA) is 125 Å². The molecule has 3 N–H and O–H groups in total. The van der Waals surface area contributed by atoms with Gasteiger partial charge < -0.3 is 14.8 Å². The first kappa shape index (κ1) is 25.3. The Morgan fingerprint density at radius 2 is 1.82 bits per heavy atom. The number of nitrogens with one attached hydrogen (secondary N) is 2. The van der Waals surface area contributed by atoms with E-state index in [1.165, 1.54) is 36.4 Å². The number of amides is 2. The summed E-state index contributed by atoms with van der Waals surface area (Å²) in [6, 6.07) is 16.9. The first-order chi connectivity index (χ1) is 18.0. The number of anilines is 1. The molecule has 0 aliphatic carbocycles. The number of carbonyl (C=O) groups excluding carboxylic acids is 2. The molecular weight excluding hydrogens is 573 g/mol. The third-order valence-electron chi connectivity index (χ3n) is 6.01. The van der Waals surface area contributed by atoms with Gasteiger partial charge in [0.1, 0.15) is 0 Å². The molecule has 1 aromatic heterocycles. The van der Waals surface area contributed by atoms with E-state index >= 15 is 0 Å². The van der Waals surface area contributed by atoms with Gasteiger partial charge in [-0.2, -0.15) is 13.2 Å². The van der Waals surface area contributed by atoms with Crippen LogP contribution < -0.4 is 5.32 Å². The largest absolute Gasteiger partial charge is 0.491 e. The lowest BCUT2D eigenvalue weighted by Crippen LogP contribution is -2.49. The summed E-state index contributed by atoms with van der Waals surface area (Å²) in [6.45, 7) is -0.218. The van der Waals surface area contributed by atoms with Crippen LogP contribution in [0.4, 0.5) is 23.9 Å². The van der Waals surface area contributed by atoms with Crippen molar-refractivity contribution in [2.24, 2.45) is 0 Å². The van der Waals surface area contributed by atoms with Crippen LogP contribution in [0.1, 0.15) is 27.0 Å². The van der Waals surface area contributed by atoms with Crippen molar-refractivity contribution in [2.45, 2.75) is 18.4 Å². The van der Waals surface area contributed by atoms with E-state index in [1.807, 2.05) is 0 Å². The number of aromatic nitrogens is 2. The number of carboxylic acid groups (broad SMARTS) is 1. The number of alkyl halides is 3. The molecule has 1 unspecified atom stereocenters. The fourth-order valence-corrected chi connectivity index (χ4v) is 4.84. The van der Waals surface area contributed by atoms with Crippen molar-refractivity contribution in [3.05, 3.63) is 93.5 Å². The fourth-order valence-electron chi connectivity index (χ4n) is 4.43. The van der Waals surface area contributed by atoms with Crippen molar-refractivity contribution in [2.75, 3.05) is 5.32 Å². The second-order valence-corrected chi connectivity index (χ2v) is 9.16. The standard InChI is InChI=1S/C25H16BrF3N4O5/c26-17-8-4-1-5-13(17)12-33-20(34)15-6-2-3-7-16(15)24(33,38-21(35)25(27,28)29)14-9-10-18-19(11-14)31-22(30-18)32-23(36)37/h1-11H,12H2,(H,36,37)(H2,30,31,32). The van der Waals surface area contributed by atoms with Gasteiger partial charge in [0.2, 0.25) is 11.7 Å². The number of hydrogen-bond donors (Lipinski definition) is 3. The number of nitrogens with zero attached hydrogens (tertiary/aromatic N) is 2. The number of imidazole rings is 1. The minimum Gasteiger partial charge on any atom is -0.465 e. The number of halogens is 4. The van der Waals surface area contributed by atoms with E-state index < -0.39 is 29.9 Å². The molecule has 38 heavy (non-hydrogen) atoms. The van der Waals surface area contributed by atoms with Gasteiger partial charge in [-0.3, -0.25) is 15.0 Å². The Hall–Kier alpha value is -4.39. The molecule has 0 radical (unpaired) electrons. The molecule has 2 amide bonds. The predicted octanol–water partition coefficient (Wildman–Crippen LogP) is 5.38. The second-order valence-electron chi connectivity index (χ2n) is 8.31. The lowest BCUT2D eigenvalue weighted by molar-refractivity contribution is -0.222. The molecule has 194 valence electrons. The molecule has 1 atom stereocenters. The Bertz CT molecular complexity index is 1610. The van der Waals surface area contributed by atoms with Gasteiger partial charge in [-0.1, -0.05) is 58.4 Å². The number of esters is 1. The molecule has 5 rings (SSSR count). The molecule has 9 nitrogen and oxygen atoms in total. The Morgan fingerprint density at radius 3 is 2.53 bits per heavy atom. The zero-order chi connectivity index (χ0) is 27.2. The van der Waals surface area contributed by atoms with Gasteiger partial charge in [0, 0.05) is 21.2 Å². The normalized spacial score (nSPS) is 16.9. The minimum absolute atomic E-state index is 0.00123. The smallest absolute Gasteiger partial charge is 0.465 e. The first-order valence-electron chi connectivity index (χ1n) is 11.0. The molecule has 2 heterocycles. The van der Waals surface area contributed by atoms with E-state index in [-0.39, 0.29) is 34.7 Å². The zero-order valence-corrected chi connectivity index (χ0v) is 20.6. The minimum atomic E-state index is -5.36. The number of rotatable bonds is 5. The highest BCUT2D eigenvalue weighted by atomic mass is 79.9. The van der Waals surface area contributed by atoms with E-state index in [9.17, 15) is 27.6 Å². The van der Waals surface area contributed by atoms with Crippen molar-refractivity contribution < 1.29 is 37.4 Å². The van der Waals surface area contributed by atoms with Gasteiger partial charge in [0.25, 0.3) is 5.91 Å². The predicted molar refractivity (Wildman–Crippen MR) is 131 cm³/mol. The Labute approximate surface area is 220 Å². The van der Waals surface area contributed by atoms with Crippen molar-refractivity contribution in [1.29, 1.82) is 0 Å². The van der Waals surface area contributed by atoms with Crippen molar-refractivity contribution >= 4 is 50.9 Å². The maximum absolute atomic E-state index is 13.7. The highest BCUT2D eigenvalue weighted by molar-refractivity contribution is 9.10. The molecule has 0 spiro atoms. The molecule has 4 aromatic rings. The molecule has 1 aliphatic heterocycles. The SMILES string of the molecule is O=C(O)Nc1nc2cc(C3(OC(=O)C(F)(F)F)c4ccccc4C(=O)N3Cc3ccccc3Br)ccc2[nH]1. The molecular formula is C25H16BrF3N4O5. The summed E-state index contributed by atoms with van der Waals surface area (Å²) in [4.78, 5) is 45.0. The van der Waals surface area contributed by atoms with Gasteiger partial charge in [-0.05, 0) is 29.8 Å². The summed E-state index contributed by atoms with van der Waals surface area (Å²) in [7, 11) is 0. The Morgan fingerprint density at radius 1 is 1.11 bits per heavy atom. The first-order valence-corrected chi connectivity index (χ1v) is 11.8. The third-order valence-corrected chi connectivity index (χ3v) is 6.78. The lowest BCUT2D eigenvalue weighted by atomic mass is 9.92. The van der Waals surface area contributed by atoms with E-state index in [4.69, 9.17) is 9.84 Å². The molecule has 0 saturated carbocycles. The average Bonchev–Trinajstić information content (AvgIpc) is 3.36. The van der Waals surface area contributed by atoms with Crippen LogP contribution in [0.2, 0.25) is 0 Å². The van der Waals surface area contributed by atoms with Crippen LogP contribution >= 0.6 is 15.9 Å². The van der Waals surface area contributed by atoms with Gasteiger partial charge in [-0.25, -0.2) is 14.6 Å². The van der Waals surface area contributed by atoms with Crippen LogP contribution in [-0.2, 0) is 21.8 Å². The van der Waals surface area contributed by atoms with Crippen molar-refractivity contribution in [1.82, 2.24) is 14.9 Å². The number of H-pyrrole nitrogens is 1. The number of hydrogen-bond acceptors (Lipinski definition) is 5. The fraction of sp³-hybridized carbons (Fsp3) is 0.120. The molecule has 0 fully saturated rings. The van der Waals surface area contributed by atoms with Crippen LogP contribution in [0, 0.1) is 0 Å². The highest BCUT2D eigenvalue weighted by Gasteiger charge is 2.57. The van der Waals surface area contributed by atoms with E-state index in [2.05, 4.69) is 31.2 Å². The zero-order valence-electron chi connectivity index (χ0n) is 19.0. The van der Waals surface area contributed by atoms with E-state index in [0.29, 0.717) is 15.6 Å². The summed E-state index contributed by atoms with van der Waals surface area (Å²) in [5.41, 5.74) is -1.16. The van der Waals surface area contributed by atoms with E-state index in [0.717, 1.165) is 4.90 Å². The van der Waals surface area contributed by atoms with Crippen LogP contribution in [-0.4, -0.2) is 44.1 Å². The van der Waals surface area contributed by atoms with Crippen LogP contribution in [0.5, 0.6) is 0 Å². The summed E-state index contributed by atoms with van der Waals surface area (Å²) in [5, 5.41) is 11.0. The van der Waals surface area contributed by atoms with Gasteiger partial charge in [0.05, 0.1) is 17.6 Å². The maximum atomic E-state index is 13.7. The molecule has 0 saturated heterocycles. The molecule has 0 bridgehead atoms. The van der Waals surface area contributed by atoms with Crippen LogP contribution in [0.3, 0.4) is 0 Å². The third kappa shape index (κ3) is 4.24. The number of aromatic amines is 1. The highest BCUT2D eigenvalue weighted by Crippen LogP contribution is 2.48. The number of fused-ring (bicyclic) bond motifs is 2. The summed E-state index contributed by atoms with van der Waals surface area (Å²) in [5.74, 6) is -3.27. The summed E-state index contributed by atoms with van der Waals surface area (Å²) >= 11 is 3.40. The van der Waals surface area contributed by atoms with Crippen molar-refractivity contribution in [3.8, 4) is 0 Å². The van der Waals surface area contributed by atoms with Crippen LogP contribution in [0.15, 0.2) is 71.2 Å². The Kier molecular flexibility index (Phi) is 6.10. The average molecular weight is 589 g/mol. The number of benzene rings is 3. The number of carbonyl (C=O) groups is 3. The quantitative estimate of drug-likeness (QED) is 0.269. The Balaban J connectivity index is 1.76. The van der Waals surface area contributed by atoms with E-state index in [1.54, 1.807) is 30.3 Å². The van der Waals surface area contributed by atoms with Crippen molar-refractivity contribution in [3.63, 3.8) is 0 Å². The summed E-state index contributed by atoms with van der Waals surface area (Å²) < 4.78 is 46.6. The monoisotopic (exact) mass is 588 g/mol. The summed E-state index contributed by atoms with van der Waals surface area (Å²) in [6.07, 6.45) is -6.74. The van der Waals surface area contributed by atoms with Gasteiger partial charge in [0.15, 0.2) is 0 Å². The second kappa shape index (κ2) is 9.17. The molecule has 1 aliphatic rings. The molecule has 3 aromatic carbocycles. The van der Waals surface area contributed by atoms with Gasteiger partial charge >= 0.3 is 18.2 Å². The maximum Gasteiger partial charge on any atom is 0.491 e. The molecule has 13 heteroatoms. The lowest BCUT2D eigenvalue weighted by Gasteiger charge is -2.39. The van der Waals surface area contributed by atoms with Gasteiger partial charge in [-0.15, -0.1) is 0 Å². The van der Waals surface area contributed by atoms with Crippen LogP contribution in [0.25, 0.3) is 11.0 Å². The number of ether oxygens (including phenoxy) is 1.